The van der Waals surface area contributed by atoms with Crippen molar-refractivity contribution in [3.63, 3.8) is 0 Å². The summed E-state index contributed by atoms with van der Waals surface area (Å²) in [7, 11) is 0. The Morgan fingerprint density at radius 3 is 2.66 bits per heavy atom. The van der Waals surface area contributed by atoms with Gasteiger partial charge >= 0.3 is 0 Å². The van der Waals surface area contributed by atoms with Gasteiger partial charge in [0.05, 0.1) is 17.1 Å². The molecule has 4 aromatic rings. The van der Waals surface area contributed by atoms with Gasteiger partial charge < -0.3 is 9.30 Å². The number of nitrogens with one attached hydrogen (secondary N) is 1. The SMILES string of the molecule is CCC(C)c1ccccc1OCCn1cc(/C=C2/C(=N)N3N=C(c4ccccc4Cl)SC3=NC2=O)c2ccccc21. The number of hydrazone groups is 1. The van der Waals surface area contributed by atoms with Crippen LogP contribution in [0.25, 0.3) is 17.0 Å². The van der Waals surface area contributed by atoms with Crippen LogP contribution in [0.4, 0.5) is 0 Å². The number of halogens is 1. The number of aliphatic imine (C=N–C) groups is 1. The molecule has 41 heavy (non-hydrogen) atoms. The number of rotatable bonds is 8. The van der Waals surface area contributed by atoms with Crippen LogP contribution in [0.5, 0.6) is 5.75 Å². The van der Waals surface area contributed by atoms with Crippen molar-refractivity contribution in [1.82, 2.24) is 9.58 Å². The molecule has 0 aliphatic carbocycles. The molecule has 7 nitrogen and oxygen atoms in total. The number of ether oxygens (including phenoxy) is 1. The van der Waals surface area contributed by atoms with E-state index in [9.17, 15) is 4.79 Å². The molecule has 3 aromatic carbocycles. The van der Waals surface area contributed by atoms with Crippen LogP contribution in [-0.4, -0.2) is 38.1 Å². The number of hydrogen-bond acceptors (Lipinski definition) is 5. The number of benzene rings is 3. The molecule has 0 fully saturated rings. The van der Waals surface area contributed by atoms with E-state index in [0.29, 0.717) is 34.3 Å². The van der Waals surface area contributed by atoms with Gasteiger partial charge in [0.2, 0.25) is 5.17 Å². The molecule has 1 atom stereocenters. The third-order valence-electron chi connectivity index (χ3n) is 7.33. The van der Waals surface area contributed by atoms with E-state index in [2.05, 4.69) is 40.6 Å². The van der Waals surface area contributed by atoms with Crippen molar-refractivity contribution in [2.45, 2.75) is 32.7 Å². The Labute approximate surface area is 247 Å². The zero-order valence-electron chi connectivity index (χ0n) is 22.7. The van der Waals surface area contributed by atoms with Gasteiger partial charge in [-0.05, 0) is 53.9 Å². The minimum Gasteiger partial charge on any atom is -0.491 e. The molecular formula is C32H28ClN5O2S. The van der Waals surface area contributed by atoms with Gasteiger partial charge in [-0.2, -0.15) is 15.1 Å². The Bertz CT molecular complexity index is 1770. The summed E-state index contributed by atoms with van der Waals surface area (Å²) in [6, 6.07) is 23.6. The average Bonchev–Trinajstić information content (AvgIpc) is 3.57. The lowest BCUT2D eigenvalue weighted by Crippen LogP contribution is -2.35. The molecule has 206 valence electrons. The highest BCUT2D eigenvalue weighted by molar-refractivity contribution is 8.27. The fraction of sp³-hybridized carbons (Fsp3) is 0.188. The molecule has 1 N–H and O–H groups in total. The fourth-order valence-electron chi connectivity index (χ4n) is 4.96. The molecular weight excluding hydrogens is 554 g/mol. The predicted molar refractivity (Wildman–Crippen MR) is 168 cm³/mol. The lowest BCUT2D eigenvalue weighted by molar-refractivity contribution is -0.114. The summed E-state index contributed by atoms with van der Waals surface area (Å²) < 4.78 is 8.36. The zero-order valence-corrected chi connectivity index (χ0v) is 24.2. The first-order valence-electron chi connectivity index (χ1n) is 13.5. The number of amides is 1. The van der Waals surface area contributed by atoms with Crippen molar-refractivity contribution in [3.05, 3.63) is 106 Å². The number of fused-ring (bicyclic) bond motifs is 2. The molecule has 2 aliphatic heterocycles. The molecule has 6 rings (SSSR count). The monoisotopic (exact) mass is 581 g/mol. The van der Waals surface area contributed by atoms with Gasteiger partial charge in [-0.3, -0.25) is 10.2 Å². The van der Waals surface area contributed by atoms with E-state index < -0.39 is 5.91 Å². The van der Waals surface area contributed by atoms with Crippen LogP contribution >= 0.6 is 23.4 Å². The molecule has 1 unspecified atom stereocenters. The standard InChI is InChI=1S/C32H28ClN5O2S/c1-3-20(2)22-10-6-9-15-28(22)40-17-16-37-19-21(23-11-5-8-14-27(23)37)18-25-29(34)38-32(35-30(25)39)41-31(36-38)24-12-4-7-13-26(24)33/h4-15,18-20,34H,3,16-17H2,1-2H3/b25-18-,34-29?. The Hall–Kier alpha value is -4.14. The number of amidine groups is 2. The minimum absolute atomic E-state index is 0.0173. The maximum atomic E-state index is 13.1. The van der Waals surface area contributed by atoms with E-state index in [-0.39, 0.29) is 11.4 Å². The van der Waals surface area contributed by atoms with Crippen molar-refractivity contribution in [2.24, 2.45) is 10.1 Å². The maximum Gasteiger partial charge on any atom is 0.283 e. The molecule has 0 radical (unpaired) electrons. The van der Waals surface area contributed by atoms with E-state index in [4.69, 9.17) is 21.7 Å². The molecule has 3 heterocycles. The molecule has 1 aromatic heterocycles. The predicted octanol–water partition coefficient (Wildman–Crippen LogP) is 7.55. The topological polar surface area (TPSA) is 83.0 Å². The minimum atomic E-state index is -0.467. The van der Waals surface area contributed by atoms with Crippen LogP contribution in [0.1, 0.15) is 42.9 Å². The lowest BCUT2D eigenvalue weighted by atomic mass is 9.98. The summed E-state index contributed by atoms with van der Waals surface area (Å²) in [5.74, 6) is 0.848. The summed E-state index contributed by atoms with van der Waals surface area (Å²) in [5, 5.41) is 17.3. The molecule has 9 heteroatoms. The Morgan fingerprint density at radius 2 is 1.83 bits per heavy atom. The highest BCUT2D eigenvalue weighted by atomic mass is 35.5. The first-order chi connectivity index (χ1) is 19.9. The number of aromatic nitrogens is 1. The molecule has 2 aliphatic rings. The smallest absolute Gasteiger partial charge is 0.283 e. The summed E-state index contributed by atoms with van der Waals surface area (Å²) >= 11 is 7.59. The van der Waals surface area contributed by atoms with E-state index >= 15 is 0 Å². The average molecular weight is 582 g/mol. The van der Waals surface area contributed by atoms with Gasteiger partial charge in [-0.25, -0.2) is 0 Å². The number of carbonyl (C=O) groups is 1. The Morgan fingerprint density at radius 1 is 1.07 bits per heavy atom. The van der Waals surface area contributed by atoms with Crippen molar-refractivity contribution >= 4 is 62.3 Å². The van der Waals surface area contributed by atoms with Crippen molar-refractivity contribution < 1.29 is 9.53 Å². The van der Waals surface area contributed by atoms with E-state index in [1.807, 2.05) is 60.8 Å². The quantitative estimate of drug-likeness (QED) is 0.218. The number of hydrogen-bond donors (Lipinski definition) is 1. The number of thioether (sulfide) groups is 1. The van der Waals surface area contributed by atoms with E-state index in [1.54, 1.807) is 12.1 Å². The Balaban J connectivity index is 1.27. The van der Waals surface area contributed by atoms with Crippen LogP contribution in [0.15, 0.2) is 94.7 Å². The Kier molecular flexibility index (Phi) is 7.51. The second kappa shape index (κ2) is 11.4. The number of nitrogens with zero attached hydrogens (tertiary/aromatic N) is 4. The third kappa shape index (κ3) is 5.21. The maximum absolute atomic E-state index is 13.1. The zero-order chi connectivity index (χ0) is 28.5. The van der Waals surface area contributed by atoms with Crippen molar-refractivity contribution in [1.29, 1.82) is 5.41 Å². The van der Waals surface area contributed by atoms with Gasteiger partial charge in [-0.1, -0.05) is 80.0 Å². The highest BCUT2D eigenvalue weighted by Gasteiger charge is 2.36. The van der Waals surface area contributed by atoms with Gasteiger partial charge in [-0.15, -0.1) is 0 Å². The van der Waals surface area contributed by atoms with Crippen LogP contribution in [0.2, 0.25) is 5.02 Å². The fourth-order valence-corrected chi connectivity index (χ4v) is 6.17. The van der Waals surface area contributed by atoms with E-state index in [1.165, 1.54) is 22.3 Å². The normalized spacial score (nSPS) is 16.7. The molecule has 1 amide bonds. The third-order valence-corrected chi connectivity index (χ3v) is 8.60. The lowest BCUT2D eigenvalue weighted by Gasteiger charge is -2.20. The van der Waals surface area contributed by atoms with Gasteiger partial charge in [0.15, 0.2) is 5.84 Å². The van der Waals surface area contributed by atoms with Gasteiger partial charge in [0.25, 0.3) is 5.91 Å². The number of carbonyl (C=O) groups excluding carboxylic acids is 1. The first kappa shape index (κ1) is 27.1. The van der Waals surface area contributed by atoms with Crippen LogP contribution < -0.4 is 4.74 Å². The summed E-state index contributed by atoms with van der Waals surface area (Å²) in [6.45, 7) is 5.51. The van der Waals surface area contributed by atoms with E-state index in [0.717, 1.165) is 34.2 Å². The second-order valence-corrected chi connectivity index (χ2v) is 11.3. The molecule has 0 bridgehead atoms. The summed E-state index contributed by atoms with van der Waals surface area (Å²) in [5.41, 5.74) is 3.98. The van der Waals surface area contributed by atoms with Gasteiger partial charge in [0, 0.05) is 28.2 Å². The second-order valence-electron chi connectivity index (χ2n) is 9.90. The van der Waals surface area contributed by atoms with Crippen molar-refractivity contribution in [3.8, 4) is 5.75 Å². The van der Waals surface area contributed by atoms with Crippen LogP contribution in [-0.2, 0) is 11.3 Å². The first-order valence-corrected chi connectivity index (χ1v) is 14.7. The number of para-hydroxylation sites is 2. The molecule has 0 saturated heterocycles. The van der Waals surface area contributed by atoms with Crippen molar-refractivity contribution in [2.75, 3.05) is 6.61 Å². The largest absolute Gasteiger partial charge is 0.491 e. The summed E-state index contributed by atoms with van der Waals surface area (Å²) in [6.07, 6.45) is 4.78. The molecule has 0 saturated carbocycles. The van der Waals surface area contributed by atoms with Crippen LogP contribution in [0, 0.1) is 5.41 Å². The molecule has 0 spiro atoms. The highest BCUT2D eigenvalue weighted by Crippen LogP contribution is 2.34. The van der Waals surface area contributed by atoms with Crippen LogP contribution in [0.3, 0.4) is 0 Å². The summed E-state index contributed by atoms with van der Waals surface area (Å²) in [4.78, 5) is 17.4. The van der Waals surface area contributed by atoms with Gasteiger partial charge in [0.1, 0.15) is 17.4 Å².